The molecule has 2 heterocycles. The van der Waals surface area contributed by atoms with Crippen LogP contribution in [-0.2, 0) is 19.1 Å². The molecule has 0 aromatic carbocycles. The van der Waals surface area contributed by atoms with E-state index in [0.29, 0.717) is 43.0 Å². The number of Topliss-reactive ketones (excluding diaryl/α,β-unsaturated/α-hetero) is 1. The average Bonchev–Trinajstić information content (AvgIpc) is 2.67. The molecule has 3 rings (SSSR count). The Labute approximate surface area is 170 Å². The molecule has 1 saturated carbocycles. The van der Waals surface area contributed by atoms with Gasteiger partial charge in [0.2, 0.25) is 0 Å². The zero-order valence-corrected chi connectivity index (χ0v) is 17.2. The first-order valence-electron chi connectivity index (χ1n) is 9.92. The maximum Gasteiger partial charge on any atom is 0.336 e. The SMILES string of the molecule is CCOC(=O)C1=C(COCCN)N=C2CC(C)(C)CC(=O)C2C1c1ccncn1. The average molecular weight is 400 g/mol. The van der Waals surface area contributed by atoms with E-state index >= 15 is 0 Å². The highest BCUT2D eigenvalue weighted by atomic mass is 16.5. The van der Waals surface area contributed by atoms with Crippen LogP contribution in [0.5, 0.6) is 0 Å². The van der Waals surface area contributed by atoms with Crippen molar-refractivity contribution in [2.75, 3.05) is 26.4 Å². The summed E-state index contributed by atoms with van der Waals surface area (Å²) in [5, 5.41) is 0. The maximum atomic E-state index is 13.2. The van der Waals surface area contributed by atoms with Crippen LogP contribution in [0.3, 0.4) is 0 Å². The quantitative estimate of drug-likeness (QED) is 0.548. The monoisotopic (exact) mass is 400 g/mol. The van der Waals surface area contributed by atoms with E-state index in [1.165, 1.54) is 6.33 Å². The summed E-state index contributed by atoms with van der Waals surface area (Å²) >= 11 is 0. The van der Waals surface area contributed by atoms with Gasteiger partial charge in [0.05, 0.1) is 48.6 Å². The zero-order valence-electron chi connectivity index (χ0n) is 17.2. The Morgan fingerprint density at radius 1 is 1.31 bits per heavy atom. The number of aliphatic imine (C=N–C) groups is 1. The lowest BCUT2D eigenvalue weighted by atomic mass is 9.64. The first-order valence-corrected chi connectivity index (χ1v) is 9.92. The number of hydrogen-bond acceptors (Lipinski definition) is 8. The standard InChI is InChI=1S/C21H28N4O4/c1-4-29-20(27)19-15(11-28-8-6-22)25-14-9-21(2,3)10-16(26)17(14)18(19)13-5-7-23-12-24-13/h5,7,12,17-18H,4,6,8-11,22H2,1-3H3. The molecule has 1 aliphatic heterocycles. The number of nitrogens with zero attached hydrogens (tertiary/aromatic N) is 3. The molecule has 2 aliphatic rings. The van der Waals surface area contributed by atoms with E-state index in [-0.39, 0.29) is 24.4 Å². The highest BCUT2D eigenvalue weighted by Gasteiger charge is 2.48. The van der Waals surface area contributed by atoms with Gasteiger partial charge in [-0.05, 0) is 24.8 Å². The van der Waals surface area contributed by atoms with Crippen molar-refractivity contribution in [2.24, 2.45) is 22.1 Å². The van der Waals surface area contributed by atoms with Crippen LogP contribution in [0.1, 0.15) is 45.2 Å². The van der Waals surface area contributed by atoms with Crippen molar-refractivity contribution in [1.82, 2.24) is 9.97 Å². The Kier molecular flexibility index (Phi) is 6.54. The Hall–Kier alpha value is -2.45. The predicted molar refractivity (Wildman–Crippen MR) is 107 cm³/mol. The number of ketones is 1. The van der Waals surface area contributed by atoms with Crippen molar-refractivity contribution in [2.45, 2.75) is 39.5 Å². The van der Waals surface area contributed by atoms with E-state index in [2.05, 4.69) is 23.8 Å². The lowest BCUT2D eigenvalue weighted by molar-refractivity contribution is -0.139. The van der Waals surface area contributed by atoms with Gasteiger partial charge in [-0.3, -0.25) is 9.79 Å². The largest absolute Gasteiger partial charge is 0.463 e. The second kappa shape index (κ2) is 8.92. The molecule has 0 radical (unpaired) electrons. The summed E-state index contributed by atoms with van der Waals surface area (Å²) in [6.07, 6.45) is 4.12. The van der Waals surface area contributed by atoms with Crippen LogP contribution in [0.15, 0.2) is 34.9 Å². The molecular weight excluding hydrogens is 372 g/mol. The number of aromatic nitrogens is 2. The summed E-state index contributed by atoms with van der Waals surface area (Å²) in [5.74, 6) is -1.53. The highest BCUT2D eigenvalue weighted by molar-refractivity contribution is 6.12. The fourth-order valence-corrected chi connectivity index (χ4v) is 4.12. The maximum absolute atomic E-state index is 13.2. The van der Waals surface area contributed by atoms with Crippen LogP contribution >= 0.6 is 0 Å². The third-order valence-corrected chi connectivity index (χ3v) is 5.17. The van der Waals surface area contributed by atoms with Crippen LogP contribution in [0.4, 0.5) is 0 Å². The molecule has 1 aromatic heterocycles. The molecule has 0 amide bonds. The lowest BCUT2D eigenvalue weighted by Crippen LogP contribution is -2.44. The minimum absolute atomic E-state index is 0.0623. The summed E-state index contributed by atoms with van der Waals surface area (Å²) < 4.78 is 10.9. The van der Waals surface area contributed by atoms with Crippen molar-refractivity contribution < 1.29 is 19.1 Å². The molecule has 2 atom stereocenters. The van der Waals surface area contributed by atoms with Crippen molar-refractivity contribution in [3.05, 3.63) is 35.6 Å². The molecule has 1 aromatic rings. The Morgan fingerprint density at radius 2 is 2.10 bits per heavy atom. The smallest absolute Gasteiger partial charge is 0.336 e. The molecule has 1 aliphatic carbocycles. The van der Waals surface area contributed by atoms with Gasteiger partial charge >= 0.3 is 5.97 Å². The summed E-state index contributed by atoms with van der Waals surface area (Å²) in [4.78, 5) is 39.2. The van der Waals surface area contributed by atoms with Crippen molar-refractivity contribution in [3.63, 3.8) is 0 Å². The summed E-state index contributed by atoms with van der Waals surface area (Å²) in [6, 6.07) is 1.73. The summed E-state index contributed by atoms with van der Waals surface area (Å²) in [7, 11) is 0. The van der Waals surface area contributed by atoms with E-state index in [0.717, 1.165) is 5.71 Å². The lowest BCUT2D eigenvalue weighted by Gasteiger charge is -2.40. The number of carbonyl (C=O) groups excluding carboxylic acids is 2. The van der Waals surface area contributed by atoms with Crippen molar-refractivity contribution in [1.29, 1.82) is 0 Å². The molecule has 8 nitrogen and oxygen atoms in total. The van der Waals surface area contributed by atoms with E-state index < -0.39 is 17.8 Å². The third-order valence-electron chi connectivity index (χ3n) is 5.17. The van der Waals surface area contributed by atoms with Crippen molar-refractivity contribution >= 4 is 17.5 Å². The Balaban J connectivity index is 2.15. The molecule has 2 unspecified atom stereocenters. The van der Waals surface area contributed by atoms with E-state index in [1.54, 1.807) is 19.2 Å². The van der Waals surface area contributed by atoms with E-state index in [4.69, 9.17) is 20.2 Å². The van der Waals surface area contributed by atoms with Gasteiger partial charge < -0.3 is 15.2 Å². The predicted octanol–water partition coefficient (Wildman–Crippen LogP) is 1.81. The van der Waals surface area contributed by atoms with Gasteiger partial charge in [-0.15, -0.1) is 0 Å². The number of esters is 1. The second-order valence-corrected chi connectivity index (χ2v) is 8.10. The van der Waals surface area contributed by atoms with Crippen molar-refractivity contribution in [3.8, 4) is 0 Å². The fraction of sp³-hybridized carbons (Fsp3) is 0.571. The van der Waals surface area contributed by atoms with Gasteiger partial charge in [0.25, 0.3) is 0 Å². The van der Waals surface area contributed by atoms with E-state index in [1.807, 2.05) is 0 Å². The number of fused-ring (bicyclic) bond motifs is 1. The molecular formula is C21H28N4O4. The molecule has 29 heavy (non-hydrogen) atoms. The number of carbonyl (C=O) groups is 2. The topological polar surface area (TPSA) is 117 Å². The van der Waals surface area contributed by atoms with Gasteiger partial charge in [0.15, 0.2) is 0 Å². The van der Waals surface area contributed by atoms with Crippen LogP contribution in [0, 0.1) is 11.3 Å². The van der Waals surface area contributed by atoms with Gasteiger partial charge in [0, 0.05) is 24.9 Å². The number of rotatable bonds is 7. The minimum atomic E-state index is -0.565. The zero-order chi connectivity index (χ0) is 21.0. The Bertz CT molecular complexity index is 832. The third kappa shape index (κ3) is 4.59. The number of nitrogens with two attached hydrogens (primary N) is 1. The molecule has 0 bridgehead atoms. The van der Waals surface area contributed by atoms with Crippen LogP contribution in [0.2, 0.25) is 0 Å². The second-order valence-electron chi connectivity index (χ2n) is 8.10. The minimum Gasteiger partial charge on any atom is -0.463 e. The molecule has 156 valence electrons. The van der Waals surface area contributed by atoms with Gasteiger partial charge in [-0.2, -0.15) is 0 Å². The van der Waals surface area contributed by atoms with Crippen LogP contribution < -0.4 is 5.73 Å². The summed E-state index contributed by atoms with van der Waals surface area (Å²) in [6.45, 7) is 6.90. The molecule has 2 N–H and O–H groups in total. The van der Waals surface area contributed by atoms with Gasteiger partial charge in [-0.25, -0.2) is 14.8 Å². The highest BCUT2D eigenvalue weighted by Crippen LogP contribution is 2.46. The van der Waals surface area contributed by atoms with Gasteiger partial charge in [0.1, 0.15) is 12.1 Å². The molecule has 8 heteroatoms. The van der Waals surface area contributed by atoms with Gasteiger partial charge in [-0.1, -0.05) is 13.8 Å². The summed E-state index contributed by atoms with van der Waals surface area (Å²) in [5.41, 5.74) is 7.54. The first kappa shape index (κ1) is 21.3. The first-order chi connectivity index (χ1) is 13.9. The molecule has 1 fully saturated rings. The number of hydrogen-bond donors (Lipinski definition) is 1. The van der Waals surface area contributed by atoms with Crippen LogP contribution in [0.25, 0.3) is 0 Å². The normalized spacial score (nSPS) is 23.4. The molecule has 0 spiro atoms. The van der Waals surface area contributed by atoms with E-state index in [9.17, 15) is 9.59 Å². The molecule has 0 saturated heterocycles. The fourth-order valence-electron chi connectivity index (χ4n) is 4.12. The number of ether oxygens (including phenoxy) is 2. The Morgan fingerprint density at radius 3 is 2.76 bits per heavy atom. The van der Waals surface area contributed by atoms with Crippen LogP contribution in [-0.4, -0.2) is 53.8 Å².